The van der Waals surface area contributed by atoms with Crippen molar-refractivity contribution in [2.45, 2.75) is 58.0 Å². The van der Waals surface area contributed by atoms with Crippen molar-refractivity contribution in [1.82, 2.24) is 15.1 Å². The minimum atomic E-state index is -0.595. The Morgan fingerprint density at radius 3 is 2.53 bits per heavy atom. The molecule has 3 fully saturated rings. The SMILES string of the molecule is CC(C)N(C(N)=O)c1sc2ccccc2c1C(=O)N1CCC(N2CCCC3(CC(=O)NC3=O)C2)CC1. The summed E-state index contributed by atoms with van der Waals surface area (Å²) in [5, 5.41) is 3.93. The first-order chi connectivity index (χ1) is 17.2. The van der Waals surface area contributed by atoms with Crippen LogP contribution in [0.1, 0.15) is 56.3 Å². The van der Waals surface area contributed by atoms with Crippen molar-refractivity contribution in [3.8, 4) is 0 Å². The highest BCUT2D eigenvalue weighted by Gasteiger charge is 2.50. The molecule has 3 aliphatic rings. The first-order valence-corrected chi connectivity index (χ1v) is 13.5. The summed E-state index contributed by atoms with van der Waals surface area (Å²) < 4.78 is 0.945. The number of imide groups is 1. The molecule has 3 aliphatic heterocycles. The number of amides is 5. The Hall–Kier alpha value is -2.98. The van der Waals surface area contributed by atoms with E-state index in [4.69, 9.17) is 5.73 Å². The van der Waals surface area contributed by atoms with E-state index >= 15 is 0 Å². The summed E-state index contributed by atoms with van der Waals surface area (Å²) in [5.41, 5.74) is 5.67. The zero-order valence-corrected chi connectivity index (χ0v) is 21.6. The second-order valence-corrected chi connectivity index (χ2v) is 11.5. The number of carbonyl (C=O) groups excluding carboxylic acids is 4. The van der Waals surface area contributed by atoms with Gasteiger partial charge in [-0.3, -0.25) is 29.5 Å². The molecule has 3 saturated heterocycles. The molecule has 10 heteroatoms. The van der Waals surface area contributed by atoms with Gasteiger partial charge in [-0.25, -0.2) is 4.79 Å². The fourth-order valence-corrected chi connectivity index (χ4v) is 7.42. The highest BCUT2D eigenvalue weighted by molar-refractivity contribution is 7.23. The van der Waals surface area contributed by atoms with Crippen LogP contribution in [-0.4, -0.2) is 71.8 Å². The summed E-state index contributed by atoms with van der Waals surface area (Å²) >= 11 is 1.42. The molecule has 9 nitrogen and oxygen atoms in total. The average Bonchev–Trinajstić information content (AvgIpc) is 3.34. The number of hydrogen-bond donors (Lipinski definition) is 2. The number of urea groups is 1. The number of nitrogens with one attached hydrogen (secondary N) is 1. The maximum absolute atomic E-state index is 13.9. The number of anilines is 1. The Morgan fingerprint density at radius 2 is 1.89 bits per heavy atom. The molecule has 1 spiro atoms. The van der Waals surface area contributed by atoms with Gasteiger partial charge in [0.15, 0.2) is 0 Å². The van der Waals surface area contributed by atoms with E-state index in [1.165, 1.54) is 16.2 Å². The Balaban J connectivity index is 1.34. The van der Waals surface area contributed by atoms with Gasteiger partial charge in [0, 0.05) is 48.2 Å². The van der Waals surface area contributed by atoms with Gasteiger partial charge in [0.1, 0.15) is 5.00 Å². The normalized spacial score (nSPS) is 23.6. The van der Waals surface area contributed by atoms with Gasteiger partial charge in [0.2, 0.25) is 11.8 Å². The Labute approximate surface area is 214 Å². The Morgan fingerprint density at radius 1 is 1.17 bits per heavy atom. The number of thiophene rings is 1. The number of likely N-dealkylation sites (tertiary alicyclic amines) is 2. The molecule has 1 unspecified atom stereocenters. The molecule has 5 rings (SSSR count). The predicted molar refractivity (Wildman–Crippen MR) is 139 cm³/mol. The number of carbonyl (C=O) groups is 4. The molecule has 36 heavy (non-hydrogen) atoms. The number of rotatable bonds is 4. The summed E-state index contributed by atoms with van der Waals surface area (Å²) in [5.74, 6) is -0.387. The molecular weight excluding hydrogens is 478 g/mol. The minimum absolute atomic E-state index is 0.0799. The summed E-state index contributed by atoms with van der Waals surface area (Å²) in [7, 11) is 0. The lowest BCUT2D eigenvalue weighted by Gasteiger charge is -2.45. The first-order valence-electron chi connectivity index (χ1n) is 12.7. The van der Waals surface area contributed by atoms with E-state index in [2.05, 4.69) is 10.2 Å². The third kappa shape index (κ3) is 4.26. The van der Waals surface area contributed by atoms with E-state index in [1.54, 1.807) is 0 Å². The van der Waals surface area contributed by atoms with Gasteiger partial charge in [-0.2, -0.15) is 0 Å². The number of hydrogen-bond acceptors (Lipinski definition) is 6. The van der Waals surface area contributed by atoms with E-state index in [0.717, 1.165) is 42.3 Å². The van der Waals surface area contributed by atoms with Crippen LogP contribution in [-0.2, 0) is 9.59 Å². The molecule has 0 radical (unpaired) electrons. The number of nitrogens with two attached hydrogens (primary N) is 1. The van der Waals surface area contributed by atoms with Crippen LogP contribution < -0.4 is 16.0 Å². The lowest BCUT2D eigenvalue weighted by Crippen LogP contribution is -2.54. The third-order valence-electron chi connectivity index (χ3n) is 7.87. The summed E-state index contributed by atoms with van der Waals surface area (Å²) in [6, 6.07) is 7.23. The van der Waals surface area contributed by atoms with Crippen LogP contribution in [0.4, 0.5) is 9.80 Å². The fourth-order valence-electron chi connectivity index (χ4n) is 6.09. The maximum Gasteiger partial charge on any atom is 0.320 e. The van der Waals surface area contributed by atoms with Crippen LogP contribution in [0, 0.1) is 5.41 Å². The van der Waals surface area contributed by atoms with Gasteiger partial charge in [0.25, 0.3) is 5.91 Å². The Bertz CT molecular complexity index is 1220. The van der Waals surface area contributed by atoms with Crippen LogP contribution in [0.3, 0.4) is 0 Å². The lowest BCUT2D eigenvalue weighted by atomic mass is 9.77. The van der Waals surface area contributed by atoms with Crippen molar-refractivity contribution in [3.63, 3.8) is 0 Å². The van der Waals surface area contributed by atoms with Crippen molar-refractivity contribution in [1.29, 1.82) is 0 Å². The number of piperidine rings is 2. The number of benzene rings is 1. The third-order valence-corrected chi connectivity index (χ3v) is 9.04. The van der Waals surface area contributed by atoms with E-state index < -0.39 is 11.4 Å². The zero-order chi connectivity index (χ0) is 25.6. The van der Waals surface area contributed by atoms with Crippen molar-refractivity contribution in [2.24, 2.45) is 11.1 Å². The molecule has 3 N–H and O–H groups in total. The fraction of sp³-hybridized carbons (Fsp3) is 0.538. The molecule has 5 amide bonds. The van der Waals surface area contributed by atoms with Crippen molar-refractivity contribution in [2.75, 3.05) is 31.1 Å². The molecule has 192 valence electrons. The smallest absolute Gasteiger partial charge is 0.320 e. The second-order valence-electron chi connectivity index (χ2n) is 10.5. The van der Waals surface area contributed by atoms with E-state index in [0.29, 0.717) is 30.2 Å². The van der Waals surface area contributed by atoms with Gasteiger partial charge in [-0.05, 0) is 52.1 Å². The second kappa shape index (κ2) is 9.48. The molecule has 0 aliphatic carbocycles. The van der Waals surface area contributed by atoms with E-state index in [1.807, 2.05) is 43.0 Å². The maximum atomic E-state index is 13.9. The van der Waals surface area contributed by atoms with Crippen molar-refractivity contribution < 1.29 is 19.2 Å². The molecule has 0 saturated carbocycles. The number of primary amides is 1. The first kappa shape index (κ1) is 24.7. The van der Waals surface area contributed by atoms with E-state index in [9.17, 15) is 19.2 Å². The average molecular weight is 512 g/mol. The summed E-state index contributed by atoms with van der Waals surface area (Å²) in [6.45, 7) is 6.48. The minimum Gasteiger partial charge on any atom is -0.351 e. The lowest BCUT2D eigenvalue weighted by molar-refractivity contribution is -0.131. The largest absolute Gasteiger partial charge is 0.351 e. The molecule has 4 heterocycles. The standard InChI is InChI=1S/C26H33N5O4S/c1-16(2)31(25(27)35)23-21(18-6-3-4-7-19(18)36-23)22(33)29-12-8-17(9-13-29)30-11-5-10-26(15-30)14-20(32)28-24(26)34/h3-4,6-7,16-17H,5,8-15H2,1-2H3,(H2,27,35)(H,28,32,34). The molecule has 2 aromatic rings. The van der Waals surface area contributed by atoms with Crippen LogP contribution >= 0.6 is 11.3 Å². The predicted octanol–water partition coefficient (Wildman–Crippen LogP) is 2.93. The molecule has 0 bridgehead atoms. The van der Waals surface area contributed by atoms with E-state index in [-0.39, 0.29) is 36.2 Å². The summed E-state index contributed by atoms with van der Waals surface area (Å²) in [6.07, 6.45) is 3.53. The van der Waals surface area contributed by atoms with Gasteiger partial charge in [0.05, 0.1) is 11.0 Å². The van der Waals surface area contributed by atoms with Crippen LogP contribution in [0.2, 0.25) is 0 Å². The van der Waals surface area contributed by atoms with Crippen LogP contribution in [0.5, 0.6) is 0 Å². The van der Waals surface area contributed by atoms with Crippen molar-refractivity contribution >= 4 is 50.2 Å². The topological polar surface area (TPSA) is 116 Å². The van der Waals surface area contributed by atoms with Crippen molar-refractivity contribution in [3.05, 3.63) is 29.8 Å². The molecule has 1 atom stereocenters. The van der Waals surface area contributed by atoms with Crippen LogP contribution in [0.25, 0.3) is 10.1 Å². The zero-order valence-electron chi connectivity index (χ0n) is 20.8. The highest BCUT2D eigenvalue weighted by atomic mass is 32.1. The Kier molecular flexibility index (Phi) is 6.50. The van der Waals surface area contributed by atoms with Gasteiger partial charge < -0.3 is 10.6 Å². The molecule has 1 aromatic heterocycles. The van der Waals surface area contributed by atoms with Crippen LogP contribution in [0.15, 0.2) is 24.3 Å². The quantitative estimate of drug-likeness (QED) is 0.613. The monoisotopic (exact) mass is 511 g/mol. The highest BCUT2D eigenvalue weighted by Crippen LogP contribution is 2.41. The molecular formula is C26H33N5O4S. The number of fused-ring (bicyclic) bond motifs is 1. The molecule has 1 aromatic carbocycles. The summed E-state index contributed by atoms with van der Waals surface area (Å²) in [4.78, 5) is 56.3. The van der Waals surface area contributed by atoms with Gasteiger partial charge in [-0.15, -0.1) is 11.3 Å². The van der Waals surface area contributed by atoms with Gasteiger partial charge >= 0.3 is 6.03 Å². The van der Waals surface area contributed by atoms with Gasteiger partial charge in [-0.1, -0.05) is 18.2 Å². The number of nitrogens with zero attached hydrogens (tertiary/aromatic N) is 3.